The van der Waals surface area contributed by atoms with Crippen LogP contribution in [0.25, 0.3) is 0 Å². The number of hydrogen-bond donors (Lipinski definition) is 0. The van der Waals surface area contributed by atoms with Crippen LogP contribution in [0.5, 0.6) is 5.88 Å². The molecule has 0 fully saturated rings. The number of pyridine rings is 1. The molecule has 0 aliphatic carbocycles. The second-order valence-electron chi connectivity index (χ2n) is 4.40. The number of hydrogen-bond acceptors (Lipinski definition) is 5. The molecule has 0 aromatic carbocycles. The molecular formula is C16H22N2O3. The standard InChI is InChI=1S/C16H22N2O3/c1-5-18(6-2)12-8-9-13(3)21-16(19)14-10-7-11-15(17-14)20-4/h7,10-11,13H,5-6,12H2,1-4H3/t13-/m1/s1. The zero-order valence-electron chi connectivity index (χ0n) is 13.0. The average Bonchev–Trinajstić information content (AvgIpc) is 2.51. The van der Waals surface area contributed by atoms with Crippen LogP contribution in [-0.2, 0) is 4.74 Å². The van der Waals surface area contributed by atoms with Crippen molar-refractivity contribution in [2.75, 3.05) is 26.7 Å². The van der Waals surface area contributed by atoms with Gasteiger partial charge in [0.15, 0.2) is 11.8 Å². The molecule has 0 saturated carbocycles. The molecule has 0 bridgehead atoms. The Bertz CT molecular complexity index is 516. The van der Waals surface area contributed by atoms with Crippen molar-refractivity contribution in [1.82, 2.24) is 9.88 Å². The molecule has 1 aromatic heterocycles. The molecule has 5 nitrogen and oxygen atoms in total. The molecule has 0 aliphatic rings. The van der Waals surface area contributed by atoms with Gasteiger partial charge in [-0.2, -0.15) is 0 Å². The molecule has 1 aromatic rings. The molecular weight excluding hydrogens is 268 g/mol. The fourth-order valence-corrected chi connectivity index (χ4v) is 1.64. The monoisotopic (exact) mass is 290 g/mol. The summed E-state index contributed by atoms with van der Waals surface area (Å²) in [5, 5.41) is 0. The summed E-state index contributed by atoms with van der Waals surface area (Å²) in [4.78, 5) is 18.1. The van der Waals surface area contributed by atoms with E-state index in [9.17, 15) is 4.79 Å². The highest BCUT2D eigenvalue weighted by molar-refractivity contribution is 5.87. The van der Waals surface area contributed by atoms with E-state index in [1.54, 1.807) is 25.1 Å². The van der Waals surface area contributed by atoms with Crippen molar-refractivity contribution in [2.45, 2.75) is 26.9 Å². The predicted octanol–water partition coefficient (Wildman–Crippen LogP) is 1.98. The highest BCUT2D eigenvalue weighted by atomic mass is 16.5. The van der Waals surface area contributed by atoms with E-state index in [1.165, 1.54) is 7.11 Å². The summed E-state index contributed by atoms with van der Waals surface area (Å²) < 4.78 is 10.2. The van der Waals surface area contributed by atoms with Gasteiger partial charge in [0.25, 0.3) is 0 Å². The second kappa shape index (κ2) is 8.98. The molecule has 0 N–H and O–H groups in total. The molecule has 1 rings (SSSR count). The number of methoxy groups -OCH3 is 1. The highest BCUT2D eigenvalue weighted by Crippen LogP contribution is 2.08. The normalized spacial score (nSPS) is 11.5. The van der Waals surface area contributed by atoms with Gasteiger partial charge >= 0.3 is 5.97 Å². The topological polar surface area (TPSA) is 51.7 Å². The Hall–Kier alpha value is -2.06. The lowest BCUT2D eigenvalue weighted by Gasteiger charge is -2.13. The Labute approximate surface area is 126 Å². The summed E-state index contributed by atoms with van der Waals surface area (Å²) in [7, 11) is 1.50. The lowest BCUT2D eigenvalue weighted by molar-refractivity contribution is 0.0430. The van der Waals surface area contributed by atoms with E-state index >= 15 is 0 Å². The van der Waals surface area contributed by atoms with Gasteiger partial charge in [-0.3, -0.25) is 4.90 Å². The number of esters is 1. The first-order valence-electron chi connectivity index (χ1n) is 7.03. The van der Waals surface area contributed by atoms with Crippen LogP contribution in [0.15, 0.2) is 18.2 Å². The fourth-order valence-electron chi connectivity index (χ4n) is 1.64. The van der Waals surface area contributed by atoms with Crippen molar-refractivity contribution < 1.29 is 14.3 Å². The smallest absolute Gasteiger partial charge is 0.358 e. The minimum atomic E-state index is -0.501. The number of carbonyl (C=O) groups excluding carboxylic acids is 1. The number of carbonyl (C=O) groups is 1. The summed E-state index contributed by atoms with van der Waals surface area (Å²) in [6, 6.07) is 4.95. The van der Waals surface area contributed by atoms with Gasteiger partial charge < -0.3 is 9.47 Å². The van der Waals surface area contributed by atoms with Gasteiger partial charge in [0.1, 0.15) is 0 Å². The van der Waals surface area contributed by atoms with Gasteiger partial charge in [-0.15, -0.1) is 0 Å². The van der Waals surface area contributed by atoms with Crippen molar-refractivity contribution >= 4 is 5.97 Å². The zero-order chi connectivity index (χ0) is 15.7. The lowest BCUT2D eigenvalue weighted by atomic mass is 10.3. The Morgan fingerprint density at radius 3 is 2.71 bits per heavy atom. The maximum Gasteiger partial charge on any atom is 0.358 e. The molecule has 0 radical (unpaired) electrons. The number of aromatic nitrogens is 1. The fraction of sp³-hybridized carbons (Fsp3) is 0.500. The van der Waals surface area contributed by atoms with E-state index in [0.717, 1.165) is 13.1 Å². The minimum absolute atomic E-state index is 0.215. The summed E-state index contributed by atoms with van der Waals surface area (Å²) in [6.07, 6.45) is -0.471. The van der Waals surface area contributed by atoms with E-state index in [2.05, 4.69) is 35.6 Å². The lowest BCUT2D eigenvalue weighted by Crippen LogP contribution is -2.23. The Morgan fingerprint density at radius 1 is 1.38 bits per heavy atom. The highest BCUT2D eigenvalue weighted by Gasteiger charge is 2.12. The molecule has 114 valence electrons. The number of rotatable bonds is 6. The number of ether oxygens (including phenoxy) is 2. The molecule has 0 aliphatic heterocycles. The first-order valence-corrected chi connectivity index (χ1v) is 7.03. The van der Waals surface area contributed by atoms with Gasteiger partial charge in [-0.1, -0.05) is 31.8 Å². The van der Waals surface area contributed by atoms with Crippen LogP contribution in [0.3, 0.4) is 0 Å². The minimum Gasteiger partial charge on any atom is -0.481 e. The maximum absolute atomic E-state index is 11.9. The van der Waals surface area contributed by atoms with E-state index < -0.39 is 12.1 Å². The Kier molecular flexibility index (Phi) is 7.27. The third kappa shape index (κ3) is 5.84. The zero-order valence-corrected chi connectivity index (χ0v) is 13.0. The summed E-state index contributed by atoms with van der Waals surface area (Å²) >= 11 is 0. The molecule has 0 saturated heterocycles. The van der Waals surface area contributed by atoms with Gasteiger partial charge in [-0.25, -0.2) is 9.78 Å². The first-order chi connectivity index (χ1) is 10.1. The molecule has 1 heterocycles. The van der Waals surface area contributed by atoms with Crippen LogP contribution >= 0.6 is 0 Å². The second-order valence-corrected chi connectivity index (χ2v) is 4.40. The largest absolute Gasteiger partial charge is 0.481 e. The summed E-state index contributed by atoms with van der Waals surface area (Å²) in [6.45, 7) is 8.49. The van der Waals surface area contributed by atoms with Crippen LogP contribution < -0.4 is 4.74 Å². The number of nitrogens with zero attached hydrogens (tertiary/aromatic N) is 2. The van der Waals surface area contributed by atoms with Crippen LogP contribution in [0.2, 0.25) is 0 Å². The van der Waals surface area contributed by atoms with E-state index in [4.69, 9.17) is 9.47 Å². The molecule has 0 amide bonds. The quantitative estimate of drug-likeness (QED) is 0.592. The van der Waals surface area contributed by atoms with Crippen molar-refractivity contribution in [3.8, 4) is 17.7 Å². The molecule has 5 heteroatoms. The third-order valence-electron chi connectivity index (χ3n) is 2.93. The van der Waals surface area contributed by atoms with Crippen molar-refractivity contribution in [3.63, 3.8) is 0 Å². The maximum atomic E-state index is 11.9. The Morgan fingerprint density at radius 2 is 2.10 bits per heavy atom. The average molecular weight is 290 g/mol. The summed E-state index contributed by atoms with van der Waals surface area (Å²) in [5.74, 6) is 5.82. The van der Waals surface area contributed by atoms with Crippen LogP contribution in [0.4, 0.5) is 0 Å². The van der Waals surface area contributed by atoms with E-state index in [-0.39, 0.29) is 5.69 Å². The van der Waals surface area contributed by atoms with Gasteiger partial charge in [0, 0.05) is 6.07 Å². The third-order valence-corrected chi connectivity index (χ3v) is 2.93. The SMILES string of the molecule is CCN(CC)CC#C[C@@H](C)OC(=O)c1cccc(OC)n1. The van der Waals surface area contributed by atoms with Crippen LogP contribution in [-0.4, -0.2) is 48.7 Å². The first kappa shape index (κ1) is 17.0. The molecule has 0 unspecified atom stereocenters. The van der Waals surface area contributed by atoms with E-state index in [0.29, 0.717) is 12.4 Å². The van der Waals surface area contributed by atoms with Gasteiger partial charge in [0.2, 0.25) is 5.88 Å². The van der Waals surface area contributed by atoms with Crippen LogP contribution in [0, 0.1) is 11.8 Å². The van der Waals surface area contributed by atoms with E-state index in [1.807, 2.05) is 0 Å². The van der Waals surface area contributed by atoms with Gasteiger partial charge in [-0.05, 0) is 26.1 Å². The molecule has 0 spiro atoms. The Balaban J connectivity index is 2.56. The van der Waals surface area contributed by atoms with Crippen molar-refractivity contribution in [1.29, 1.82) is 0 Å². The van der Waals surface area contributed by atoms with Crippen LogP contribution in [0.1, 0.15) is 31.3 Å². The van der Waals surface area contributed by atoms with Gasteiger partial charge in [0.05, 0.1) is 13.7 Å². The van der Waals surface area contributed by atoms with Crippen molar-refractivity contribution in [3.05, 3.63) is 23.9 Å². The summed E-state index contributed by atoms with van der Waals surface area (Å²) in [5.41, 5.74) is 0.215. The van der Waals surface area contributed by atoms with Crippen molar-refractivity contribution in [2.24, 2.45) is 0 Å². The predicted molar refractivity (Wildman–Crippen MR) is 81.2 cm³/mol. The molecule has 1 atom stereocenters. The molecule has 21 heavy (non-hydrogen) atoms.